The molecule has 0 radical (unpaired) electrons. The molecule has 2 aromatic rings. The van der Waals surface area contributed by atoms with Crippen LogP contribution < -0.4 is 4.74 Å². The monoisotopic (exact) mass is 490 g/mol. The molecular formula is C26H35ClN2O3S. The maximum Gasteiger partial charge on any atom is 0.243 e. The maximum atomic E-state index is 13.2. The molecule has 180 valence electrons. The van der Waals surface area contributed by atoms with E-state index in [1.165, 1.54) is 5.56 Å². The Kier molecular flexibility index (Phi) is 7.69. The van der Waals surface area contributed by atoms with Gasteiger partial charge in [0.15, 0.2) is 0 Å². The SMILES string of the molecule is CC(C)COc1ccccc1CN1CCC2(CCCN(S(=O)(=O)c3ccc(Cl)cc3)C2)CC1. The van der Waals surface area contributed by atoms with Crippen LogP contribution in [0.3, 0.4) is 0 Å². The Morgan fingerprint density at radius 2 is 1.70 bits per heavy atom. The van der Waals surface area contributed by atoms with Crippen molar-refractivity contribution in [3.8, 4) is 5.75 Å². The molecule has 33 heavy (non-hydrogen) atoms. The Balaban J connectivity index is 1.39. The second-order valence-corrected chi connectivity index (χ2v) is 12.4. The summed E-state index contributed by atoms with van der Waals surface area (Å²) in [5, 5.41) is 0.549. The van der Waals surface area contributed by atoms with E-state index in [2.05, 4.69) is 36.9 Å². The van der Waals surface area contributed by atoms with Crippen LogP contribution in [0.5, 0.6) is 5.75 Å². The molecule has 4 rings (SSSR count). The molecule has 2 aliphatic heterocycles. The number of hydrogen-bond donors (Lipinski definition) is 0. The van der Waals surface area contributed by atoms with E-state index >= 15 is 0 Å². The van der Waals surface area contributed by atoms with Gasteiger partial charge in [0.2, 0.25) is 10.0 Å². The molecule has 2 fully saturated rings. The number of halogens is 1. The van der Waals surface area contributed by atoms with Crippen LogP contribution in [-0.4, -0.2) is 50.4 Å². The van der Waals surface area contributed by atoms with Crippen molar-refractivity contribution in [1.29, 1.82) is 0 Å². The molecule has 0 unspecified atom stereocenters. The van der Waals surface area contributed by atoms with Gasteiger partial charge in [0.1, 0.15) is 5.75 Å². The van der Waals surface area contributed by atoms with Gasteiger partial charge in [0.25, 0.3) is 0 Å². The lowest BCUT2D eigenvalue weighted by molar-refractivity contribution is 0.0491. The number of piperidine rings is 2. The van der Waals surface area contributed by atoms with Gasteiger partial charge in [-0.2, -0.15) is 4.31 Å². The second-order valence-electron chi connectivity index (χ2n) is 9.98. The number of para-hydroxylation sites is 1. The van der Waals surface area contributed by atoms with Crippen LogP contribution in [0.15, 0.2) is 53.4 Å². The van der Waals surface area contributed by atoms with E-state index < -0.39 is 10.0 Å². The number of benzene rings is 2. The standard InChI is InChI=1S/C26H35ClN2O3S/c1-21(2)19-32-25-7-4-3-6-22(25)18-28-16-13-26(14-17-28)12-5-15-29(20-26)33(30,31)24-10-8-23(27)9-11-24/h3-4,6-11,21H,5,12-20H2,1-2H3. The predicted octanol–water partition coefficient (Wildman–Crippen LogP) is 5.44. The van der Waals surface area contributed by atoms with E-state index in [4.69, 9.17) is 16.3 Å². The van der Waals surface area contributed by atoms with E-state index in [9.17, 15) is 8.42 Å². The second kappa shape index (κ2) is 10.3. The van der Waals surface area contributed by atoms with E-state index in [1.54, 1.807) is 28.6 Å². The fraction of sp³-hybridized carbons (Fsp3) is 0.538. The zero-order chi connectivity index (χ0) is 23.5. The van der Waals surface area contributed by atoms with E-state index in [0.29, 0.717) is 28.9 Å². The van der Waals surface area contributed by atoms with Gasteiger partial charge in [-0.05, 0) is 80.4 Å². The summed E-state index contributed by atoms with van der Waals surface area (Å²) >= 11 is 5.96. The molecule has 5 nitrogen and oxygen atoms in total. The van der Waals surface area contributed by atoms with Crippen LogP contribution in [0.4, 0.5) is 0 Å². The number of ether oxygens (including phenoxy) is 1. The van der Waals surface area contributed by atoms with Gasteiger partial charge in [0, 0.05) is 30.2 Å². The first-order chi connectivity index (χ1) is 15.8. The maximum absolute atomic E-state index is 13.2. The Morgan fingerprint density at radius 3 is 2.39 bits per heavy atom. The highest BCUT2D eigenvalue weighted by Gasteiger charge is 2.42. The largest absolute Gasteiger partial charge is 0.493 e. The van der Waals surface area contributed by atoms with Crippen molar-refractivity contribution >= 4 is 21.6 Å². The molecule has 1 spiro atoms. The Labute approximate surface area is 203 Å². The summed E-state index contributed by atoms with van der Waals surface area (Å²) in [5.74, 6) is 1.47. The first kappa shape index (κ1) is 24.5. The lowest BCUT2D eigenvalue weighted by Crippen LogP contribution is -2.50. The highest BCUT2D eigenvalue weighted by molar-refractivity contribution is 7.89. The summed E-state index contributed by atoms with van der Waals surface area (Å²) < 4.78 is 34.2. The van der Waals surface area contributed by atoms with Crippen LogP contribution in [0.1, 0.15) is 45.1 Å². The fourth-order valence-electron chi connectivity index (χ4n) is 4.99. The first-order valence-electron chi connectivity index (χ1n) is 12.0. The van der Waals surface area contributed by atoms with Crippen molar-refractivity contribution < 1.29 is 13.2 Å². The fourth-order valence-corrected chi connectivity index (χ4v) is 6.71. The Hall–Kier alpha value is -1.60. The highest BCUT2D eigenvalue weighted by Crippen LogP contribution is 2.41. The molecule has 0 N–H and O–H groups in total. The lowest BCUT2D eigenvalue weighted by atomic mass is 9.73. The predicted molar refractivity (Wildman–Crippen MR) is 133 cm³/mol. The Bertz CT molecular complexity index is 1030. The summed E-state index contributed by atoms with van der Waals surface area (Å²) in [4.78, 5) is 2.81. The minimum absolute atomic E-state index is 0.0713. The molecule has 2 saturated heterocycles. The number of sulfonamides is 1. The summed E-state index contributed by atoms with van der Waals surface area (Å²) in [7, 11) is -3.49. The quantitative estimate of drug-likeness (QED) is 0.518. The van der Waals surface area contributed by atoms with Crippen molar-refractivity contribution in [2.24, 2.45) is 11.3 Å². The molecule has 0 bridgehead atoms. The van der Waals surface area contributed by atoms with Crippen LogP contribution in [0.25, 0.3) is 0 Å². The number of hydrogen-bond acceptors (Lipinski definition) is 4. The van der Waals surface area contributed by atoms with Gasteiger partial charge in [-0.3, -0.25) is 4.90 Å². The van der Waals surface area contributed by atoms with Gasteiger partial charge < -0.3 is 4.74 Å². The zero-order valence-electron chi connectivity index (χ0n) is 19.7. The average Bonchev–Trinajstić information content (AvgIpc) is 2.80. The zero-order valence-corrected chi connectivity index (χ0v) is 21.2. The molecule has 2 heterocycles. The number of rotatable bonds is 7. The van der Waals surface area contributed by atoms with Gasteiger partial charge in [-0.1, -0.05) is 43.6 Å². The molecule has 0 aliphatic carbocycles. The van der Waals surface area contributed by atoms with Crippen molar-refractivity contribution in [3.05, 3.63) is 59.1 Å². The topological polar surface area (TPSA) is 49.9 Å². The van der Waals surface area contributed by atoms with Crippen LogP contribution in [-0.2, 0) is 16.6 Å². The highest BCUT2D eigenvalue weighted by atomic mass is 35.5. The summed E-state index contributed by atoms with van der Waals surface area (Å²) in [5.41, 5.74) is 1.30. The van der Waals surface area contributed by atoms with Gasteiger partial charge in [-0.15, -0.1) is 0 Å². The van der Waals surface area contributed by atoms with E-state index in [0.717, 1.165) is 57.7 Å². The molecule has 2 aliphatic rings. The summed E-state index contributed by atoms with van der Waals surface area (Å²) in [6, 6.07) is 14.8. The van der Waals surface area contributed by atoms with Crippen molar-refractivity contribution in [2.75, 3.05) is 32.8 Å². The number of nitrogens with zero attached hydrogens (tertiary/aromatic N) is 2. The van der Waals surface area contributed by atoms with Crippen molar-refractivity contribution in [3.63, 3.8) is 0 Å². The number of likely N-dealkylation sites (tertiary alicyclic amines) is 1. The van der Waals surface area contributed by atoms with Crippen molar-refractivity contribution in [1.82, 2.24) is 9.21 Å². The molecule has 0 saturated carbocycles. The third kappa shape index (κ3) is 5.91. The molecule has 0 amide bonds. The van der Waals surface area contributed by atoms with Gasteiger partial charge in [-0.25, -0.2) is 8.42 Å². The third-order valence-corrected chi connectivity index (χ3v) is 9.04. The average molecular weight is 491 g/mol. The van der Waals surface area contributed by atoms with Gasteiger partial charge in [0.05, 0.1) is 11.5 Å². The normalized spacial score (nSPS) is 19.8. The minimum atomic E-state index is -3.49. The lowest BCUT2D eigenvalue weighted by Gasteiger charge is -2.47. The van der Waals surface area contributed by atoms with E-state index in [1.807, 2.05) is 6.07 Å². The van der Waals surface area contributed by atoms with Crippen LogP contribution in [0.2, 0.25) is 5.02 Å². The van der Waals surface area contributed by atoms with Crippen LogP contribution in [0, 0.1) is 11.3 Å². The third-order valence-electron chi connectivity index (χ3n) is 6.93. The molecular weight excluding hydrogens is 456 g/mol. The van der Waals surface area contributed by atoms with Crippen molar-refractivity contribution in [2.45, 2.75) is 51.0 Å². The van der Waals surface area contributed by atoms with Crippen LogP contribution >= 0.6 is 11.6 Å². The molecule has 0 aromatic heterocycles. The summed E-state index contributed by atoms with van der Waals surface area (Å²) in [6.45, 7) is 9.08. The molecule has 0 atom stereocenters. The Morgan fingerprint density at radius 1 is 1.00 bits per heavy atom. The first-order valence-corrected chi connectivity index (χ1v) is 13.8. The minimum Gasteiger partial charge on any atom is -0.493 e. The smallest absolute Gasteiger partial charge is 0.243 e. The molecule has 7 heteroatoms. The van der Waals surface area contributed by atoms with Gasteiger partial charge >= 0.3 is 0 Å². The molecule has 2 aromatic carbocycles. The summed E-state index contributed by atoms with van der Waals surface area (Å²) in [6.07, 6.45) is 4.06. The van der Waals surface area contributed by atoms with E-state index in [-0.39, 0.29) is 5.41 Å².